The Morgan fingerprint density at radius 3 is 2.58 bits per heavy atom. The van der Waals surface area contributed by atoms with Crippen LogP contribution in [0.3, 0.4) is 0 Å². The molecule has 0 aliphatic heterocycles. The first kappa shape index (κ1) is 22.8. The minimum atomic E-state index is 0. The molecule has 0 saturated carbocycles. The number of hydrogen-bond acceptors (Lipinski definition) is 2. The molecule has 0 amide bonds. The van der Waals surface area contributed by atoms with Crippen molar-refractivity contribution in [2.75, 3.05) is 20.7 Å². The molecule has 0 unspecified atom stereocenters. The van der Waals surface area contributed by atoms with E-state index in [9.17, 15) is 0 Å². The van der Waals surface area contributed by atoms with Gasteiger partial charge in [-0.1, -0.05) is 35.9 Å². The lowest BCUT2D eigenvalue weighted by atomic mass is 10.1. The van der Waals surface area contributed by atoms with Crippen LogP contribution < -0.4 is 5.32 Å². The van der Waals surface area contributed by atoms with Crippen molar-refractivity contribution in [1.82, 2.24) is 14.8 Å². The number of nitrogens with zero attached hydrogens (tertiary/aromatic N) is 3. The summed E-state index contributed by atoms with van der Waals surface area (Å²) in [6, 6.07) is 10.3. The zero-order chi connectivity index (χ0) is 18.2. The summed E-state index contributed by atoms with van der Waals surface area (Å²) in [6.45, 7) is 4.78. The first-order chi connectivity index (χ1) is 12.0. The van der Waals surface area contributed by atoms with E-state index in [4.69, 9.17) is 16.3 Å². The van der Waals surface area contributed by atoms with Crippen molar-refractivity contribution in [2.24, 2.45) is 12.0 Å². The standard InChI is InChI=1S/C19H27ClN4O.HI/c1-5-25-14-16-9-7-6-8-15(16)11-22-19(21-2)24(4)13-18-10-17(20)12-23(18)3;/h6-10,12H,5,11,13-14H2,1-4H3,(H,21,22);1H. The average molecular weight is 491 g/mol. The molecule has 0 aliphatic rings. The van der Waals surface area contributed by atoms with E-state index in [1.54, 1.807) is 7.05 Å². The van der Waals surface area contributed by atoms with Gasteiger partial charge in [-0.15, -0.1) is 24.0 Å². The van der Waals surface area contributed by atoms with E-state index in [-0.39, 0.29) is 24.0 Å². The van der Waals surface area contributed by atoms with Gasteiger partial charge in [0.15, 0.2) is 5.96 Å². The first-order valence-electron chi connectivity index (χ1n) is 8.42. The molecule has 1 heterocycles. The number of halogens is 2. The second-order valence-electron chi connectivity index (χ2n) is 5.92. The maximum atomic E-state index is 6.07. The summed E-state index contributed by atoms with van der Waals surface area (Å²) in [5, 5.41) is 4.18. The van der Waals surface area contributed by atoms with Gasteiger partial charge in [0.2, 0.25) is 0 Å². The van der Waals surface area contributed by atoms with Gasteiger partial charge in [0.1, 0.15) is 0 Å². The fourth-order valence-electron chi connectivity index (χ4n) is 2.68. The third-order valence-corrected chi connectivity index (χ3v) is 4.27. The Hall–Kier alpha value is -1.25. The van der Waals surface area contributed by atoms with Gasteiger partial charge in [0.05, 0.1) is 18.2 Å². The van der Waals surface area contributed by atoms with Crippen molar-refractivity contribution in [3.63, 3.8) is 0 Å². The molecular weight excluding hydrogens is 463 g/mol. The number of benzene rings is 1. The Labute approximate surface area is 178 Å². The summed E-state index contributed by atoms with van der Waals surface area (Å²) < 4.78 is 7.58. The van der Waals surface area contributed by atoms with E-state index in [0.29, 0.717) is 19.8 Å². The number of aromatic nitrogens is 1. The van der Waals surface area contributed by atoms with E-state index >= 15 is 0 Å². The van der Waals surface area contributed by atoms with Crippen LogP contribution in [0.1, 0.15) is 23.7 Å². The second-order valence-corrected chi connectivity index (χ2v) is 6.36. The molecule has 0 spiro atoms. The number of ether oxygens (including phenoxy) is 1. The lowest BCUT2D eigenvalue weighted by Gasteiger charge is -2.23. The monoisotopic (exact) mass is 490 g/mol. The van der Waals surface area contributed by atoms with E-state index < -0.39 is 0 Å². The van der Waals surface area contributed by atoms with Crippen molar-refractivity contribution in [3.05, 3.63) is 58.4 Å². The Balaban J connectivity index is 0.00000338. The highest BCUT2D eigenvalue weighted by Gasteiger charge is 2.10. The van der Waals surface area contributed by atoms with Gasteiger partial charge in [-0.25, -0.2) is 0 Å². The molecule has 1 aromatic heterocycles. The quantitative estimate of drug-likeness (QED) is 0.362. The molecule has 2 rings (SSSR count). The number of guanidine groups is 1. The fourth-order valence-corrected chi connectivity index (χ4v) is 2.96. The zero-order valence-corrected chi connectivity index (χ0v) is 18.9. The topological polar surface area (TPSA) is 41.8 Å². The molecule has 0 atom stereocenters. The van der Waals surface area contributed by atoms with Crippen LogP contribution in [0.15, 0.2) is 41.5 Å². The van der Waals surface area contributed by atoms with Crippen LogP contribution in [0.4, 0.5) is 0 Å². The molecule has 0 saturated heterocycles. The summed E-state index contributed by atoms with van der Waals surface area (Å²) in [6.07, 6.45) is 1.91. The van der Waals surface area contributed by atoms with Crippen LogP contribution in [0.25, 0.3) is 0 Å². The van der Waals surface area contributed by atoms with Gasteiger partial charge in [-0.2, -0.15) is 0 Å². The van der Waals surface area contributed by atoms with Crippen molar-refractivity contribution >= 4 is 41.5 Å². The van der Waals surface area contributed by atoms with E-state index in [2.05, 4.69) is 27.3 Å². The third-order valence-electron chi connectivity index (χ3n) is 4.06. The summed E-state index contributed by atoms with van der Waals surface area (Å²) >= 11 is 6.07. The largest absolute Gasteiger partial charge is 0.377 e. The molecule has 0 radical (unpaired) electrons. The Kier molecular flexibility index (Phi) is 10.0. The zero-order valence-electron chi connectivity index (χ0n) is 15.8. The number of hydrogen-bond donors (Lipinski definition) is 1. The van der Waals surface area contributed by atoms with Crippen LogP contribution in [0.5, 0.6) is 0 Å². The van der Waals surface area contributed by atoms with E-state index in [1.807, 2.05) is 50.0 Å². The summed E-state index contributed by atoms with van der Waals surface area (Å²) in [5.41, 5.74) is 3.55. The van der Waals surface area contributed by atoms with Crippen LogP contribution in [0, 0.1) is 0 Å². The summed E-state index contributed by atoms with van der Waals surface area (Å²) in [5.74, 6) is 0.837. The third kappa shape index (κ3) is 6.48. The van der Waals surface area contributed by atoms with Crippen LogP contribution in [-0.2, 0) is 31.5 Å². The molecule has 1 N–H and O–H groups in total. The molecule has 144 valence electrons. The second kappa shape index (κ2) is 11.5. The van der Waals surface area contributed by atoms with Crippen molar-refractivity contribution in [2.45, 2.75) is 26.6 Å². The van der Waals surface area contributed by atoms with E-state index in [0.717, 1.165) is 23.2 Å². The van der Waals surface area contributed by atoms with Gasteiger partial charge in [0, 0.05) is 46.2 Å². The first-order valence-corrected chi connectivity index (χ1v) is 8.80. The van der Waals surface area contributed by atoms with Crippen LogP contribution in [-0.4, -0.2) is 36.1 Å². The molecule has 7 heteroatoms. The van der Waals surface area contributed by atoms with Gasteiger partial charge in [0.25, 0.3) is 0 Å². The molecule has 26 heavy (non-hydrogen) atoms. The number of aliphatic imine (C=N–C) groups is 1. The maximum Gasteiger partial charge on any atom is 0.194 e. The normalized spacial score (nSPS) is 11.2. The predicted molar refractivity (Wildman–Crippen MR) is 119 cm³/mol. The van der Waals surface area contributed by atoms with Crippen molar-refractivity contribution in [3.8, 4) is 0 Å². The highest BCUT2D eigenvalue weighted by molar-refractivity contribution is 14.0. The SMILES string of the molecule is CCOCc1ccccc1CNC(=NC)N(C)Cc1cc(Cl)cn1C.I. The summed E-state index contributed by atoms with van der Waals surface area (Å²) in [7, 11) is 5.81. The number of aryl methyl sites for hydroxylation is 1. The maximum absolute atomic E-state index is 6.07. The Morgan fingerprint density at radius 2 is 2.00 bits per heavy atom. The Morgan fingerprint density at radius 1 is 1.31 bits per heavy atom. The van der Waals surface area contributed by atoms with Gasteiger partial charge < -0.3 is 19.5 Å². The molecule has 1 aromatic carbocycles. The van der Waals surface area contributed by atoms with Crippen molar-refractivity contribution < 1.29 is 4.74 Å². The van der Waals surface area contributed by atoms with E-state index in [1.165, 1.54) is 11.1 Å². The van der Waals surface area contributed by atoms with Crippen LogP contribution in [0.2, 0.25) is 5.02 Å². The van der Waals surface area contributed by atoms with Crippen LogP contribution >= 0.6 is 35.6 Å². The fraction of sp³-hybridized carbons (Fsp3) is 0.421. The van der Waals surface area contributed by atoms with Crippen molar-refractivity contribution in [1.29, 1.82) is 0 Å². The van der Waals surface area contributed by atoms with Gasteiger partial charge >= 0.3 is 0 Å². The number of nitrogens with one attached hydrogen (secondary N) is 1. The molecule has 0 aliphatic carbocycles. The predicted octanol–water partition coefficient (Wildman–Crippen LogP) is 4.04. The minimum Gasteiger partial charge on any atom is -0.377 e. The molecule has 5 nitrogen and oxygen atoms in total. The van der Waals surface area contributed by atoms with Gasteiger partial charge in [-0.3, -0.25) is 4.99 Å². The lowest BCUT2D eigenvalue weighted by Crippen LogP contribution is -2.38. The molecule has 0 bridgehead atoms. The molecule has 0 fully saturated rings. The minimum absolute atomic E-state index is 0. The smallest absolute Gasteiger partial charge is 0.194 e. The Bertz CT molecular complexity index is 717. The summed E-state index contributed by atoms with van der Waals surface area (Å²) in [4.78, 5) is 6.47. The van der Waals surface area contributed by atoms with Gasteiger partial charge in [-0.05, 0) is 24.1 Å². The highest BCUT2D eigenvalue weighted by Crippen LogP contribution is 2.14. The number of rotatable bonds is 7. The average Bonchev–Trinajstić information content (AvgIpc) is 2.91. The molecular formula is C19H28ClIN4O. The highest BCUT2D eigenvalue weighted by atomic mass is 127. The molecule has 2 aromatic rings. The lowest BCUT2D eigenvalue weighted by molar-refractivity contribution is 0.133.